The fourth-order valence-corrected chi connectivity index (χ4v) is 7.40. The molecule has 2 heterocycles. The number of alkyl halides is 2. The summed E-state index contributed by atoms with van der Waals surface area (Å²) in [6, 6.07) is 11.4. The van der Waals surface area contributed by atoms with Gasteiger partial charge in [0.2, 0.25) is 15.9 Å². The predicted octanol–water partition coefficient (Wildman–Crippen LogP) is 6.87. The van der Waals surface area contributed by atoms with Gasteiger partial charge in [0.15, 0.2) is 6.04 Å². The van der Waals surface area contributed by atoms with Crippen LogP contribution in [0.15, 0.2) is 82.2 Å². The molecule has 2 bridgehead atoms. The molecular weight excluding hydrogens is 703 g/mol. The number of rotatable bonds is 9. The molecule has 0 aliphatic carbocycles. The molecule has 2 aliphatic heterocycles. The van der Waals surface area contributed by atoms with Gasteiger partial charge in [-0.25, -0.2) is 17.6 Å². The molecule has 14 heteroatoms. The van der Waals surface area contributed by atoms with Gasteiger partial charge in [0.1, 0.15) is 22.9 Å². The Balaban J connectivity index is 1.39. The van der Waals surface area contributed by atoms with Gasteiger partial charge in [-0.3, -0.25) is 4.79 Å². The van der Waals surface area contributed by atoms with E-state index in [0.29, 0.717) is 35.9 Å². The number of alkyl carbamates (subject to hydrolysis) is 1. The van der Waals surface area contributed by atoms with Gasteiger partial charge >= 0.3 is 6.09 Å². The normalized spacial score (nSPS) is 20.4. The number of amides is 2. The highest BCUT2D eigenvalue weighted by molar-refractivity contribution is 9.10. The standard InChI is InChI=1S/C33H35BrF3N3O6S/c1-32(2,3)46-31(42)38-23-18-24-10-11-25(19-23)40(24)30(41)29(33(36,37)20-4-6-21(34)7-5-20)39-47(43,44)28-16-14-27(15-17-28)45-26-12-8-22(35)9-13-26/h4-9,12-17,23-25,29,39H,10-11,18-19H2,1-3H3,(H,38,42). The van der Waals surface area contributed by atoms with Gasteiger partial charge < -0.3 is 19.7 Å². The molecule has 252 valence electrons. The fraction of sp³-hybridized carbons (Fsp3) is 0.394. The Kier molecular flexibility index (Phi) is 9.95. The number of benzene rings is 3. The fourth-order valence-electron chi connectivity index (χ4n) is 5.95. The summed E-state index contributed by atoms with van der Waals surface area (Å²) in [5.74, 6) is -4.92. The first-order valence-electron chi connectivity index (χ1n) is 15.0. The molecule has 5 rings (SSSR count). The monoisotopic (exact) mass is 737 g/mol. The first kappa shape index (κ1) is 34.7. The highest BCUT2D eigenvalue weighted by Crippen LogP contribution is 2.40. The molecule has 0 aromatic heterocycles. The molecule has 0 saturated carbocycles. The number of ether oxygens (including phenoxy) is 2. The van der Waals surface area contributed by atoms with E-state index in [1.807, 2.05) is 4.72 Å². The predicted molar refractivity (Wildman–Crippen MR) is 171 cm³/mol. The Bertz CT molecular complexity index is 1690. The van der Waals surface area contributed by atoms with Crippen molar-refractivity contribution in [3.63, 3.8) is 0 Å². The number of hydrogen-bond donors (Lipinski definition) is 2. The van der Waals surface area contributed by atoms with Crippen LogP contribution in [0, 0.1) is 5.82 Å². The quantitative estimate of drug-likeness (QED) is 0.248. The Morgan fingerprint density at radius 3 is 1.96 bits per heavy atom. The lowest BCUT2D eigenvalue weighted by Crippen LogP contribution is -2.61. The number of hydrogen-bond acceptors (Lipinski definition) is 6. The summed E-state index contributed by atoms with van der Waals surface area (Å²) < 4.78 is 86.5. The summed E-state index contributed by atoms with van der Waals surface area (Å²) in [7, 11) is -4.66. The van der Waals surface area contributed by atoms with Crippen molar-refractivity contribution in [1.82, 2.24) is 14.9 Å². The number of piperidine rings is 1. The van der Waals surface area contributed by atoms with Crippen LogP contribution in [0.25, 0.3) is 0 Å². The van der Waals surface area contributed by atoms with Gasteiger partial charge in [-0.1, -0.05) is 28.1 Å². The van der Waals surface area contributed by atoms with E-state index in [1.165, 1.54) is 53.4 Å². The number of nitrogens with one attached hydrogen (secondary N) is 2. The molecule has 3 aromatic rings. The van der Waals surface area contributed by atoms with Gasteiger partial charge in [0.25, 0.3) is 5.92 Å². The highest BCUT2D eigenvalue weighted by atomic mass is 79.9. The van der Waals surface area contributed by atoms with Crippen molar-refractivity contribution in [2.75, 3.05) is 0 Å². The van der Waals surface area contributed by atoms with Crippen LogP contribution in [-0.4, -0.2) is 55.1 Å². The van der Waals surface area contributed by atoms with E-state index >= 15 is 8.78 Å². The molecule has 47 heavy (non-hydrogen) atoms. The van der Waals surface area contributed by atoms with Crippen LogP contribution in [0.2, 0.25) is 0 Å². The molecule has 2 N–H and O–H groups in total. The minimum atomic E-state index is -4.66. The van der Waals surface area contributed by atoms with E-state index in [1.54, 1.807) is 20.8 Å². The van der Waals surface area contributed by atoms with Crippen molar-refractivity contribution in [2.45, 2.75) is 87.0 Å². The Morgan fingerprint density at radius 2 is 1.43 bits per heavy atom. The van der Waals surface area contributed by atoms with Crippen LogP contribution in [0.4, 0.5) is 18.0 Å². The largest absolute Gasteiger partial charge is 0.457 e. The van der Waals surface area contributed by atoms with E-state index < -0.39 is 63.1 Å². The molecule has 3 aromatic carbocycles. The maximum atomic E-state index is 16.3. The molecule has 9 nitrogen and oxygen atoms in total. The van der Waals surface area contributed by atoms with E-state index in [4.69, 9.17) is 9.47 Å². The summed E-state index contributed by atoms with van der Waals surface area (Å²) in [5.41, 5.74) is -1.25. The number of carbonyl (C=O) groups excluding carboxylic acids is 2. The lowest BCUT2D eigenvalue weighted by molar-refractivity contribution is -0.149. The Labute approximate surface area is 280 Å². The van der Waals surface area contributed by atoms with Crippen molar-refractivity contribution < 1.29 is 40.7 Å². The topological polar surface area (TPSA) is 114 Å². The van der Waals surface area contributed by atoms with Crippen molar-refractivity contribution in [1.29, 1.82) is 0 Å². The summed E-state index contributed by atoms with van der Waals surface area (Å²) >= 11 is 3.21. The van der Waals surface area contributed by atoms with Crippen LogP contribution >= 0.6 is 15.9 Å². The minimum Gasteiger partial charge on any atom is -0.457 e. The molecule has 2 fully saturated rings. The zero-order valence-corrected chi connectivity index (χ0v) is 28.3. The highest BCUT2D eigenvalue weighted by Gasteiger charge is 2.54. The van der Waals surface area contributed by atoms with Gasteiger partial charge in [0, 0.05) is 28.2 Å². The minimum absolute atomic E-state index is 0.225. The van der Waals surface area contributed by atoms with E-state index in [2.05, 4.69) is 21.2 Å². The second kappa shape index (κ2) is 13.5. The first-order chi connectivity index (χ1) is 22.0. The van der Waals surface area contributed by atoms with Gasteiger partial charge in [-0.05, 0) is 107 Å². The van der Waals surface area contributed by atoms with Crippen molar-refractivity contribution >= 4 is 38.0 Å². The number of carbonyl (C=O) groups is 2. The van der Waals surface area contributed by atoms with Gasteiger partial charge in [0.05, 0.1) is 4.90 Å². The summed E-state index contributed by atoms with van der Waals surface area (Å²) in [6.07, 6.45) is 1.03. The maximum absolute atomic E-state index is 16.3. The molecule has 0 radical (unpaired) electrons. The van der Waals surface area contributed by atoms with E-state index in [-0.39, 0.29) is 16.7 Å². The average molecular weight is 739 g/mol. The second-order valence-electron chi connectivity index (χ2n) is 12.7. The molecular formula is C33H35BrF3N3O6S. The summed E-state index contributed by atoms with van der Waals surface area (Å²) in [4.78, 5) is 27.5. The average Bonchev–Trinajstić information content (AvgIpc) is 3.26. The molecule has 3 atom stereocenters. The first-order valence-corrected chi connectivity index (χ1v) is 17.3. The third-order valence-electron chi connectivity index (χ3n) is 8.00. The summed E-state index contributed by atoms with van der Waals surface area (Å²) in [5, 5.41) is 2.82. The van der Waals surface area contributed by atoms with Crippen LogP contribution in [-0.2, 0) is 25.5 Å². The maximum Gasteiger partial charge on any atom is 0.407 e. The third-order valence-corrected chi connectivity index (χ3v) is 9.97. The zero-order chi connectivity index (χ0) is 34.1. The van der Waals surface area contributed by atoms with E-state index in [0.717, 1.165) is 24.3 Å². The van der Waals surface area contributed by atoms with Gasteiger partial charge in [-0.2, -0.15) is 13.5 Å². The Hall–Kier alpha value is -3.62. The molecule has 3 unspecified atom stereocenters. The van der Waals surface area contributed by atoms with Crippen molar-refractivity contribution in [2.24, 2.45) is 0 Å². The number of sulfonamides is 1. The van der Waals surface area contributed by atoms with E-state index in [9.17, 15) is 22.4 Å². The Morgan fingerprint density at radius 1 is 0.894 bits per heavy atom. The van der Waals surface area contributed by atoms with Crippen LogP contribution in [0.3, 0.4) is 0 Å². The molecule has 2 saturated heterocycles. The van der Waals surface area contributed by atoms with Crippen LogP contribution in [0.1, 0.15) is 52.0 Å². The molecule has 0 spiro atoms. The lowest BCUT2D eigenvalue weighted by atomic mass is 9.94. The number of nitrogens with zero attached hydrogens (tertiary/aromatic N) is 1. The van der Waals surface area contributed by atoms with Gasteiger partial charge in [-0.15, -0.1) is 0 Å². The lowest BCUT2D eigenvalue weighted by Gasteiger charge is -2.42. The second-order valence-corrected chi connectivity index (χ2v) is 15.3. The number of halogens is 4. The summed E-state index contributed by atoms with van der Waals surface area (Å²) in [6.45, 7) is 5.21. The molecule has 2 aliphatic rings. The van der Waals surface area contributed by atoms with Crippen molar-refractivity contribution in [3.8, 4) is 11.5 Å². The smallest absolute Gasteiger partial charge is 0.407 e. The SMILES string of the molecule is CC(C)(C)OC(=O)NC1CC2CCC(C1)N2C(=O)C(NS(=O)(=O)c1ccc(Oc2ccc(F)cc2)cc1)C(F)(F)c1ccc(Br)cc1. The van der Waals surface area contributed by atoms with Crippen LogP contribution in [0.5, 0.6) is 11.5 Å². The zero-order valence-electron chi connectivity index (χ0n) is 25.9. The van der Waals surface area contributed by atoms with Crippen molar-refractivity contribution in [3.05, 3.63) is 88.6 Å². The third kappa shape index (κ3) is 8.28. The molecule has 2 amide bonds. The van der Waals surface area contributed by atoms with Crippen LogP contribution < -0.4 is 14.8 Å². The number of fused-ring (bicyclic) bond motifs is 2.